The fourth-order valence-corrected chi connectivity index (χ4v) is 3.46. The van der Waals surface area contributed by atoms with Gasteiger partial charge in [-0.05, 0) is 44.8 Å². The highest BCUT2D eigenvalue weighted by molar-refractivity contribution is 9.11. The normalized spacial score (nSPS) is 10.3. The fourth-order valence-electron chi connectivity index (χ4n) is 1.49. The lowest BCUT2D eigenvalue weighted by atomic mass is 10.3. The minimum absolute atomic E-state index is 0.291. The predicted molar refractivity (Wildman–Crippen MR) is 90.4 cm³/mol. The molecule has 21 heavy (non-hydrogen) atoms. The van der Waals surface area contributed by atoms with Gasteiger partial charge >= 0.3 is 0 Å². The Kier molecular flexibility index (Phi) is 5.54. The largest absolute Gasteiger partial charge is 0.495 e. The molecule has 0 saturated heterocycles. The van der Waals surface area contributed by atoms with E-state index in [-0.39, 0.29) is 5.91 Å². The molecular weight excluding hydrogens is 424 g/mol. The molecule has 1 aromatic carbocycles. The van der Waals surface area contributed by atoms with Gasteiger partial charge in [0.15, 0.2) is 0 Å². The van der Waals surface area contributed by atoms with Gasteiger partial charge in [0.25, 0.3) is 5.91 Å². The van der Waals surface area contributed by atoms with Crippen LogP contribution in [0.15, 0.2) is 21.1 Å². The predicted octanol–water partition coefficient (Wildman–Crippen LogP) is 3.76. The third kappa shape index (κ3) is 3.92. The van der Waals surface area contributed by atoms with Gasteiger partial charge in [0, 0.05) is 17.1 Å². The molecule has 0 atom stereocenters. The highest BCUT2D eigenvalue weighted by Gasteiger charge is 2.15. The summed E-state index contributed by atoms with van der Waals surface area (Å²) in [5.41, 5.74) is 0.597. The third-order valence-electron chi connectivity index (χ3n) is 2.44. The summed E-state index contributed by atoms with van der Waals surface area (Å²) >= 11 is 7.98. The molecule has 2 rings (SSSR count). The van der Waals surface area contributed by atoms with Crippen LogP contribution in [0.5, 0.6) is 5.75 Å². The molecule has 112 valence electrons. The van der Waals surface area contributed by atoms with Crippen LogP contribution in [0, 0.1) is 0 Å². The number of aromatic nitrogens is 2. The standard InChI is InChI=1S/C12H12Br2N4O2S/c1-3-15-12-18-17-11(21-12)10(19)16-8-5-9(20-2)7(14)4-6(8)13/h4-5H,3H2,1-2H3,(H,15,18)(H,16,19). The number of rotatable bonds is 5. The van der Waals surface area contributed by atoms with E-state index in [9.17, 15) is 4.79 Å². The third-order valence-corrected chi connectivity index (χ3v) is 4.59. The Morgan fingerprint density at radius 2 is 2.10 bits per heavy atom. The zero-order valence-corrected chi connectivity index (χ0v) is 15.2. The van der Waals surface area contributed by atoms with Crippen LogP contribution >= 0.6 is 43.2 Å². The topological polar surface area (TPSA) is 76.1 Å². The molecular formula is C12H12Br2N4O2S. The maximum absolute atomic E-state index is 12.2. The number of amides is 1. The molecule has 0 unspecified atom stereocenters. The molecule has 0 radical (unpaired) electrons. The van der Waals surface area contributed by atoms with Crippen LogP contribution in [-0.4, -0.2) is 29.8 Å². The molecule has 1 heterocycles. The lowest BCUT2D eigenvalue weighted by Gasteiger charge is -2.09. The SMILES string of the molecule is CCNc1nnc(C(=O)Nc2cc(OC)c(Br)cc2Br)s1. The number of hydrogen-bond acceptors (Lipinski definition) is 6. The monoisotopic (exact) mass is 434 g/mol. The summed E-state index contributed by atoms with van der Waals surface area (Å²) in [6.45, 7) is 2.68. The Morgan fingerprint density at radius 3 is 2.76 bits per heavy atom. The van der Waals surface area contributed by atoms with Crippen LogP contribution in [0.3, 0.4) is 0 Å². The first-order valence-corrected chi connectivity index (χ1v) is 8.37. The van der Waals surface area contributed by atoms with Crippen LogP contribution in [0.2, 0.25) is 0 Å². The lowest BCUT2D eigenvalue weighted by Crippen LogP contribution is -2.12. The Morgan fingerprint density at radius 1 is 1.33 bits per heavy atom. The number of halogens is 2. The van der Waals surface area contributed by atoms with Crippen molar-refractivity contribution in [1.82, 2.24) is 10.2 Å². The molecule has 6 nitrogen and oxygen atoms in total. The number of benzene rings is 1. The molecule has 0 bridgehead atoms. The Bertz CT molecular complexity index is 663. The minimum atomic E-state index is -0.318. The number of nitrogens with zero attached hydrogens (tertiary/aromatic N) is 2. The van der Waals surface area contributed by atoms with E-state index in [0.717, 1.165) is 15.5 Å². The Labute approximate surface area is 142 Å². The summed E-state index contributed by atoms with van der Waals surface area (Å²) < 4.78 is 6.74. The first-order chi connectivity index (χ1) is 10.0. The average Bonchev–Trinajstić information content (AvgIpc) is 2.91. The van der Waals surface area contributed by atoms with Crippen molar-refractivity contribution in [3.05, 3.63) is 26.1 Å². The average molecular weight is 436 g/mol. The van der Waals surface area contributed by atoms with E-state index in [2.05, 4.69) is 52.7 Å². The highest BCUT2D eigenvalue weighted by atomic mass is 79.9. The van der Waals surface area contributed by atoms with E-state index >= 15 is 0 Å². The van der Waals surface area contributed by atoms with Gasteiger partial charge in [0.1, 0.15) is 5.75 Å². The van der Waals surface area contributed by atoms with Crippen molar-refractivity contribution in [3.63, 3.8) is 0 Å². The molecule has 0 saturated carbocycles. The van der Waals surface area contributed by atoms with E-state index < -0.39 is 0 Å². The lowest BCUT2D eigenvalue weighted by molar-refractivity contribution is 0.102. The van der Waals surface area contributed by atoms with E-state index in [1.165, 1.54) is 11.3 Å². The Hall–Kier alpha value is -1.19. The van der Waals surface area contributed by atoms with Crippen molar-refractivity contribution in [3.8, 4) is 5.75 Å². The van der Waals surface area contributed by atoms with Crippen LogP contribution in [0.1, 0.15) is 16.7 Å². The first-order valence-electron chi connectivity index (χ1n) is 5.97. The van der Waals surface area contributed by atoms with Crippen molar-refractivity contribution in [2.75, 3.05) is 24.3 Å². The van der Waals surface area contributed by atoms with Crippen molar-refractivity contribution >= 4 is 59.9 Å². The number of anilines is 2. The van der Waals surface area contributed by atoms with Gasteiger partial charge in [0.05, 0.1) is 17.3 Å². The molecule has 2 aromatic rings. The van der Waals surface area contributed by atoms with Gasteiger partial charge in [-0.25, -0.2) is 0 Å². The smallest absolute Gasteiger partial charge is 0.286 e. The maximum atomic E-state index is 12.2. The zero-order chi connectivity index (χ0) is 15.4. The molecule has 0 fully saturated rings. The van der Waals surface area contributed by atoms with E-state index in [1.54, 1.807) is 19.2 Å². The molecule has 9 heteroatoms. The number of ether oxygens (including phenoxy) is 1. The van der Waals surface area contributed by atoms with Gasteiger partial charge in [-0.3, -0.25) is 4.79 Å². The second-order valence-corrected chi connectivity index (χ2v) is 6.55. The number of nitrogens with one attached hydrogen (secondary N) is 2. The molecule has 1 amide bonds. The number of carbonyl (C=O) groups excluding carboxylic acids is 1. The van der Waals surface area contributed by atoms with E-state index in [0.29, 0.717) is 21.6 Å². The summed E-state index contributed by atoms with van der Waals surface area (Å²) in [6.07, 6.45) is 0. The van der Waals surface area contributed by atoms with Crippen molar-refractivity contribution in [2.45, 2.75) is 6.92 Å². The van der Waals surface area contributed by atoms with Crippen LogP contribution < -0.4 is 15.4 Å². The van der Waals surface area contributed by atoms with Crippen molar-refractivity contribution in [1.29, 1.82) is 0 Å². The summed E-state index contributed by atoms with van der Waals surface area (Å²) in [6, 6.07) is 3.52. The van der Waals surface area contributed by atoms with Gasteiger partial charge in [-0.15, -0.1) is 10.2 Å². The van der Waals surface area contributed by atoms with Crippen LogP contribution in [0.4, 0.5) is 10.8 Å². The molecule has 0 aliphatic heterocycles. The Balaban J connectivity index is 2.18. The van der Waals surface area contributed by atoms with Crippen molar-refractivity contribution in [2.24, 2.45) is 0 Å². The van der Waals surface area contributed by atoms with E-state index in [4.69, 9.17) is 4.74 Å². The number of methoxy groups -OCH3 is 1. The fraction of sp³-hybridized carbons (Fsp3) is 0.250. The molecule has 2 N–H and O–H groups in total. The van der Waals surface area contributed by atoms with Gasteiger partial charge in [-0.1, -0.05) is 11.3 Å². The first kappa shape index (κ1) is 16.2. The second kappa shape index (κ2) is 7.19. The molecule has 1 aromatic heterocycles. The van der Waals surface area contributed by atoms with E-state index in [1.807, 2.05) is 6.92 Å². The summed E-state index contributed by atoms with van der Waals surface area (Å²) in [5.74, 6) is 0.306. The van der Waals surface area contributed by atoms with Crippen molar-refractivity contribution < 1.29 is 9.53 Å². The molecule has 0 aliphatic rings. The summed E-state index contributed by atoms with van der Waals surface area (Å²) in [5, 5.41) is 14.5. The molecule has 0 spiro atoms. The summed E-state index contributed by atoms with van der Waals surface area (Å²) in [7, 11) is 1.56. The van der Waals surface area contributed by atoms with Gasteiger partial charge in [-0.2, -0.15) is 0 Å². The second-order valence-electron chi connectivity index (χ2n) is 3.86. The number of carbonyl (C=O) groups is 1. The minimum Gasteiger partial charge on any atom is -0.495 e. The summed E-state index contributed by atoms with van der Waals surface area (Å²) in [4.78, 5) is 12.2. The van der Waals surface area contributed by atoms with Gasteiger partial charge < -0.3 is 15.4 Å². The zero-order valence-electron chi connectivity index (χ0n) is 11.2. The molecule has 0 aliphatic carbocycles. The number of hydrogen-bond donors (Lipinski definition) is 2. The van der Waals surface area contributed by atoms with Crippen LogP contribution in [0.25, 0.3) is 0 Å². The van der Waals surface area contributed by atoms with Crippen LogP contribution in [-0.2, 0) is 0 Å². The maximum Gasteiger partial charge on any atom is 0.286 e. The van der Waals surface area contributed by atoms with Gasteiger partial charge in [0.2, 0.25) is 10.1 Å². The quantitative estimate of drug-likeness (QED) is 0.747. The highest BCUT2D eigenvalue weighted by Crippen LogP contribution is 2.34.